The average molecular weight is 268 g/mol. The Morgan fingerprint density at radius 2 is 1.95 bits per heavy atom. The minimum atomic E-state index is -0.996. The van der Waals surface area contributed by atoms with Gasteiger partial charge in [0.1, 0.15) is 17.0 Å². The lowest BCUT2D eigenvalue weighted by Gasteiger charge is -1.99. The van der Waals surface area contributed by atoms with Crippen LogP contribution in [-0.4, -0.2) is 27.8 Å². The topological polar surface area (TPSA) is 63.8 Å². The van der Waals surface area contributed by atoms with Crippen molar-refractivity contribution in [2.24, 2.45) is 0 Å². The molecule has 2 aromatic heterocycles. The summed E-state index contributed by atoms with van der Waals surface area (Å²) in [4.78, 5) is 11.5. The maximum Gasteiger partial charge on any atom is 0.340 e. The first-order chi connectivity index (χ1) is 9.70. The Kier molecular flexibility index (Phi) is 2.87. The van der Waals surface area contributed by atoms with E-state index in [1.165, 1.54) is 4.52 Å². The lowest BCUT2D eigenvalue weighted by atomic mass is 10.1. The van der Waals surface area contributed by atoms with Crippen LogP contribution in [0.4, 0.5) is 0 Å². The van der Waals surface area contributed by atoms with Crippen LogP contribution in [-0.2, 0) is 0 Å². The Morgan fingerprint density at radius 3 is 2.60 bits per heavy atom. The minimum Gasteiger partial charge on any atom is -0.495 e. The average Bonchev–Trinajstić information content (AvgIpc) is 2.86. The lowest BCUT2D eigenvalue weighted by molar-refractivity contribution is 0.0700. The van der Waals surface area contributed by atoms with Crippen LogP contribution in [0.2, 0.25) is 0 Å². The SMILES string of the molecule is COc1ccc2c(C(=O)O)c(-c3ccccc3)nn2c1. The molecule has 0 bridgehead atoms. The van der Waals surface area contributed by atoms with Crippen LogP contribution < -0.4 is 4.74 Å². The van der Waals surface area contributed by atoms with Gasteiger partial charge in [0, 0.05) is 5.56 Å². The van der Waals surface area contributed by atoms with Gasteiger partial charge in [0.2, 0.25) is 0 Å². The molecule has 0 aliphatic rings. The van der Waals surface area contributed by atoms with Gasteiger partial charge in [0.25, 0.3) is 0 Å². The number of rotatable bonds is 3. The highest BCUT2D eigenvalue weighted by molar-refractivity contribution is 6.02. The van der Waals surface area contributed by atoms with Crippen LogP contribution in [0.15, 0.2) is 48.7 Å². The first kappa shape index (κ1) is 12.2. The van der Waals surface area contributed by atoms with Gasteiger partial charge in [-0.1, -0.05) is 30.3 Å². The molecule has 20 heavy (non-hydrogen) atoms. The van der Waals surface area contributed by atoms with Crippen molar-refractivity contribution in [1.82, 2.24) is 9.61 Å². The molecule has 100 valence electrons. The summed E-state index contributed by atoms with van der Waals surface area (Å²) >= 11 is 0. The van der Waals surface area contributed by atoms with E-state index in [1.807, 2.05) is 30.3 Å². The van der Waals surface area contributed by atoms with E-state index in [0.717, 1.165) is 5.56 Å². The molecule has 0 radical (unpaired) electrons. The molecule has 3 aromatic rings. The number of hydrogen-bond acceptors (Lipinski definition) is 3. The van der Waals surface area contributed by atoms with Crippen LogP contribution in [0.1, 0.15) is 10.4 Å². The third-order valence-corrected chi connectivity index (χ3v) is 3.10. The van der Waals surface area contributed by atoms with E-state index in [0.29, 0.717) is 17.0 Å². The van der Waals surface area contributed by atoms with E-state index >= 15 is 0 Å². The van der Waals surface area contributed by atoms with Crippen LogP contribution >= 0.6 is 0 Å². The standard InChI is InChI=1S/C15H12N2O3/c1-20-11-7-8-12-13(15(18)19)14(16-17(12)9-11)10-5-3-2-4-6-10/h2-9H,1H3,(H,18,19). The largest absolute Gasteiger partial charge is 0.495 e. The molecule has 2 heterocycles. The summed E-state index contributed by atoms with van der Waals surface area (Å²) in [5.74, 6) is -0.374. The molecular weight excluding hydrogens is 256 g/mol. The molecule has 0 aliphatic heterocycles. The monoisotopic (exact) mass is 268 g/mol. The molecule has 1 N–H and O–H groups in total. The number of carbonyl (C=O) groups is 1. The van der Waals surface area contributed by atoms with Crippen LogP contribution in [0.3, 0.4) is 0 Å². The number of fused-ring (bicyclic) bond motifs is 1. The maximum absolute atomic E-state index is 11.5. The highest BCUT2D eigenvalue weighted by atomic mass is 16.5. The second-order valence-electron chi connectivity index (χ2n) is 4.29. The predicted octanol–water partition coefficient (Wildman–Crippen LogP) is 2.71. The minimum absolute atomic E-state index is 0.193. The fraction of sp³-hybridized carbons (Fsp3) is 0.0667. The smallest absolute Gasteiger partial charge is 0.340 e. The van der Waals surface area contributed by atoms with Crippen LogP contribution in [0.5, 0.6) is 5.75 Å². The van der Waals surface area contributed by atoms with E-state index in [-0.39, 0.29) is 5.56 Å². The van der Waals surface area contributed by atoms with Crippen molar-refractivity contribution in [3.63, 3.8) is 0 Å². The molecule has 3 rings (SSSR count). The Labute approximate surface area is 115 Å². The first-order valence-electron chi connectivity index (χ1n) is 6.06. The number of aromatic nitrogens is 2. The summed E-state index contributed by atoms with van der Waals surface area (Å²) in [7, 11) is 1.56. The molecule has 0 amide bonds. The van der Waals surface area contributed by atoms with Gasteiger partial charge in [-0.15, -0.1) is 0 Å². The highest BCUT2D eigenvalue weighted by Crippen LogP contribution is 2.27. The zero-order valence-corrected chi connectivity index (χ0v) is 10.8. The second kappa shape index (κ2) is 4.70. The number of nitrogens with zero attached hydrogens (tertiary/aromatic N) is 2. The van der Waals surface area contributed by atoms with Gasteiger partial charge in [-0.05, 0) is 12.1 Å². The zero-order valence-electron chi connectivity index (χ0n) is 10.8. The van der Waals surface area contributed by atoms with Crippen molar-refractivity contribution in [2.45, 2.75) is 0 Å². The van der Waals surface area contributed by atoms with Crippen molar-refractivity contribution in [3.05, 3.63) is 54.2 Å². The molecule has 0 spiro atoms. The number of hydrogen-bond donors (Lipinski definition) is 1. The molecule has 5 heteroatoms. The molecule has 0 fully saturated rings. The number of carboxylic acid groups (broad SMARTS) is 1. The molecule has 5 nitrogen and oxygen atoms in total. The fourth-order valence-electron chi connectivity index (χ4n) is 2.16. The van der Waals surface area contributed by atoms with E-state index in [2.05, 4.69) is 5.10 Å². The summed E-state index contributed by atoms with van der Waals surface area (Å²) in [6.07, 6.45) is 1.66. The normalized spacial score (nSPS) is 10.7. The third-order valence-electron chi connectivity index (χ3n) is 3.10. The Hall–Kier alpha value is -2.82. The number of methoxy groups -OCH3 is 1. The highest BCUT2D eigenvalue weighted by Gasteiger charge is 2.20. The van der Waals surface area contributed by atoms with Gasteiger partial charge in [-0.3, -0.25) is 0 Å². The van der Waals surface area contributed by atoms with E-state index < -0.39 is 5.97 Å². The quantitative estimate of drug-likeness (QED) is 0.793. The molecule has 0 saturated heterocycles. The second-order valence-corrected chi connectivity index (χ2v) is 4.29. The third kappa shape index (κ3) is 1.89. The number of pyridine rings is 1. The van der Waals surface area contributed by atoms with Crippen molar-refractivity contribution in [2.75, 3.05) is 7.11 Å². The Bertz CT molecular complexity index is 778. The Morgan fingerprint density at radius 1 is 1.20 bits per heavy atom. The molecule has 0 atom stereocenters. The molecule has 0 saturated carbocycles. The number of benzene rings is 1. The molecule has 0 aliphatic carbocycles. The number of ether oxygens (including phenoxy) is 1. The first-order valence-corrected chi connectivity index (χ1v) is 6.06. The maximum atomic E-state index is 11.5. The summed E-state index contributed by atoms with van der Waals surface area (Å²) in [6.45, 7) is 0. The van der Waals surface area contributed by atoms with Gasteiger partial charge in [-0.2, -0.15) is 5.10 Å². The molecule has 0 unspecified atom stereocenters. The van der Waals surface area contributed by atoms with Gasteiger partial charge in [-0.25, -0.2) is 9.31 Å². The fourth-order valence-corrected chi connectivity index (χ4v) is 2.16. The lowest BCUT2D eigenvalue weighted by Crippen LogP contribution is -1.98. The van der Waals surface area contributed by atoms with Gasteiger partial charge < -0.3 is 9.84 Å². The molecular formula is C15H12N2O3. The van der Waals surface area contributed by atoms with Crippen molar-refractivity contribution in [3.8, 4) is 17.0 Å². The zero-order chi connectivity index (χ0) is 14.1. The predicted molar refractivity (Wildman–Crippen MR) is 74.1 cm³/mol. The molecule has 1 aromatic carbocycles. The summed E-state index contributed by atoms with van der Waals surface area (Å²) < 4.78 is 6.66. The van der Waals surface area contributed by atoms with Crippen molar-refractivity contribution < 1.29 is 14.6 Å². The Balaban J connectivity index is 2.31. The summed E-state index contributed by atoms with van der Waals surface area (Å²) in [6, 6.07) is 12.7. The van der Waals surface area contributed by atoms with Crippen molar-refractivity contribution in [1.29, 1.82) is 0 Å². The number of aromatic carboxylic acids is 1. The van der Waals surface area contributed by atoms with E-state index in [1.54, 1.807) is 25.4 Å². The van der Waals surface area contributed by atoms with Crippen molar-refractivity contribution >= 4 is 11.5 Å². The van der Waals surface area contributed by atoms with E-state index in [9.17, 15) is 9.90 Å². The van der Waals surface area contributed by atoms with Gasteiger partial charge >= 0.3 is 5.97 Å². The van der Waals surface area contributed by atoms with Crippen LogP contribution in [0.25, 0.3) is 16.8 Å². The van der Waals surface area contributed by atoms with E-state index in [4.69, 9.17) is 4.74 Å². The number of carboxylic acids is 1. The van der Waals surface area contributed by atoms with Gasteiger partial charge in [0.15, 0.2) is 0 Å². The summed E-state index contributed by atoms with van der Waals surface area (Å²) in [5, 5.41) is 13.8. The van der Waals surface area contributed by atoms with Crippen LogP contribution in [0, 0.1) is 0 Å². The van der Waals surface area contributed by atoms with Gasteiger partial charge in [0.05, 0.1) is 18.8 Å². The summed E-state index contributed by atoms with van der Waals surface area (Å²) in [5.41, 5.74) is 1.95.